The minimum Gasteiger partial charge on any atom is -0.508 e. The zero-order valence-electron chi connectivity index (χ0n) is 10.4. The summed E-state index contributed by atoms with van der Waals surface area (Å²) in [4.78, 5) is 15.8. The molecule has 0 saturated heterocycles. The average molecular weight is 255 g/mol. The molecule has 0 atom stereocenters. The quantitative estimate of drug-likeness (QED) is 0.650. The van der Waals surface area contributed by atoms with Crippen LogP contribution in [0, 0.1) is 0 Å². The lowest BCUT2D eigenvalue weighted by atomic mass is 10.2. The van der Waals surface area contributed by atoms with Crippen LogP contribution in [0.2, 0.25) is 0 Å². The standard InChI is InChI=1S/C14H13N3O2/c1-10(12-5-3-7-15-9-12)16-17-14(19)11-4-2-6-13(18)8-11/h2-9,18H,1H3,(H,17,19)/b16-10+. The maximum atomic E-state index is 11.8. The third kappa shape index (κ3) is 3.38. The lowest BCUT2D eigenvalue weighted by Gasteiger charge is -2.03. The molecule has 96 valence electrons. The monoisotopic (exact) mass is 255 g/mol. The number of hydrogen-bond acceptors (Lipinski definition) is 4. The zero-order valence-corrected chi connectivity index (χ0v) is 10.4. The molecule has 0 aliphatic carbocycles. The number of phenolic OH excluding ortho intramolecular Hbond substituents is 1. The van der Waals surface area contributed by atoms with Crippen LogP contribution in [0.25, 0.3) is 0 Å². The smallest absolute Gasteiger partial charge is 0.271 e. The van der Waals surface area contributed by atoms with E-state index < -0.39 is 0 Å². The Hall–Kier alpha value is -2.69. The molecule has 0 aliphatic rings. The van der Waals surface area contributed by atoms with Gasteiger partial charge in [-0.1, -0.05) is 12.1 Å². The van der Waals surface area contributed by atoms with Crippen molar-refractivity contribution in [3.63, 3.8) is 0 Å². The molecule has 2 N–H and O–H groups in total. The highest BCUT2D eigenvalue weighted by Crippen LogP contribution is 2.10. The fraction of sp³-hybridized carbons (Fsp3) is 0.0714. The molecule has 0 radical (unpaired) electrons. The van der Waals surface area contributed by atoms with Crippen LogP contribution >= 0.6 is 0 Å². The Morgan fingerprint density at radius 2 is 2.05 bits per heavy atom. The molecule has 0 aliphatic heterocycles. The number of amides is 1. The summed E-state index contributed by atoms with van der Waals surface area (Å²) < 4.78 is 0. The largest absolute Gasteiger partial charge is 0.508 e. The number of rotatable bonds is 3. The van der Waals surface area contributed by atoms with Gasteiger partial charge in [0.25, 0.3) is 5.91 Å². The number of aromatic hydroxyl groups is 1. The Labute approximate surface area is 110 Å². The van der Waals surface area contributed by atoms with Crippen LogP contribution in [-0.4, -0.2) is 21.7 Å². The normalized spacial score (nSPS) is 11.1. The van der Waals surface area contributed by atoms with Crippen LogP contribution in [0.15, 0.2) is 53.9 Å². The fourth-order valence-corrected chi connectivity index (χ4v) is 1.49. The Morgan fingerprint density at radius 1 is 1.26 bits per heavy atom. The van der Waals surface area contributed by atoms with Crippen molar-refractivity contribution < 1.29 is 9.90 Å². The topological polar surface area (TPSA) is 74.6 Å². The highest BCUT2D eigenvalue weighted by molar-refractivity contribution is 6.00. The van der Waals surface area contributed by atoms with Crippen LogP contribution in [0.5, 0.6) is 5.75 Å². The van der Waals surface area contributed by atoms with Crippen LogP contribution in [0.3, 0.4) is 0 Å². The third-order valence-electron chi connectivity index (χ3n) is 2.51. The molecule has 2 aromatic rings. The number of pyridine rings is 1. The summed E-state index contributed by atoms with van der Waals surface area (Å²) in [7, 11) is 0. The molecule has 0 fully saturated rings. The Kier molecular flexibility index (Phi) is 3.87. The molecule has 0 unspecified atom stereocenters. The van der Waals surface area contributed by atoms with Gasteiger partial charge in [0.2, 0.25) is 0 Å². The van der Waals surface area contributed by atoms with Gasteiger partial charge in [-0.05, 0) is 31.2 Å². The summed E-state index contributed by atoms with van der Waals surface area (Å²) in [6.07, 6.45) is 3.33. The van der Waals surface area contributed by atoms with Gasteiger partial charge in [0.1, 0.15) is 5.75 Å². The van der Waals surface area contributed by atoms with Gasteiger partial charge in [-0.15, -0.1) is 0 Å². The first-order valence-corrected chi connectivity index (χ1v) is 5.71. The highest BCUT2D eigenvalue weighted by atomic mass is 16.3. The van der Waals surface area contributed by atoms with E-state index in [9.17, 15) is 9.90 Å². The lowest BCUT2D eigenvalue weighted by Crippen LogP contribution is -2.19. The van der Waals surface area contributed by atoms with E-state index in [-0.39, 0.29) is 11.7 Å². The number of hydrazone groups is 1. The summed E-state index contributed by atoms with van der Waals surface area (Å²) in [5.41, 5.74) is 4.27. The Balaban J connectivity index is 2.08. The van der Waals surface area contributed by atoms with E-state index in [1.54, 1.807) is 37.5 Å². The summed E-state index contributed by atoms with van der Waals surface area (Å²) in [6, 6.07) is 9.73. The lowest BCUT2D eigenvalue weighted by molar-refractivity contribution is 0.0954. The van der Waals surface area contributed by atoms with Gasteiger partial charge in [0.15, 0.2) is 0 Å². The van der Waals surface area contributed by atoms with E-state index in [1.807, 2.05) is 6.07 Å². The summed E-state index contributed by atoms with van der Waals surface area (Å²) in [6.45, 7) is 1.78. The number of nitrogens with zero attached hydrogens (tertiary/aromatic N) is 2. The van der Waals surface area contributed by atoms with Crippen molar-refractivity contribution in [1.82, 2.24) is 10.4 Å². The number of carbonyl (C=O) groups excluding carboxylic acids is 1. The number of hydrogen-bond donors (Lipinski definition) is 2. The van der Waals surface area contributed by atoms with Crippen molar-refractivity contribution in [2.45, 2.75) is 6.92 Å². The predicted molar refractivity (Wildman–Crippen MR) is 72.0 cm³/mol. The van der Waals surface area contributed by atoms with E-state index >= 15 is 0 Å². The summed E-state index contributed by atoms with van der Waals surface area (Å²) in [5, 5.41) is 13.3. The molecule has 1 aromatic heterocycles. The molecule has 2 rings (SSSR count). The molecule has 5 nitrogen and oxygen atoms in total. The van der Waals surface area contributed by atoms with E-state index in [0.29, 0.717) is 11.3 Å². The second-order valence-electron chi connectivity index (χ2n) is 3.93. The van der Waals surface area contributed by atoms with Crippen molar-refractivity contribution in [2.24, 2.45) is 5.10 Å². The van der Waals surface area contributed by atoms with Crippen molar-refractivity contribution >= 4 is 11.6 Å². The van der Waals surface area contributed by atoms with Gasteiger partial charge >= 0.3 is 0 Å². The molecule has 19 heavy (non-hydrogen) atoms. The van der Waals surface area contributed by atoms with Crippen molar-refractivity contribution in [3.05, 3.63) is 59.9 Å². The second-order valence-corrected chi connectivity index (χ2v) is 3.93. The van der Waals surface area contributed by atoms with E-state index in [4.69, 9.17) is 0 Å². The molecule has 1 heterocycles. The zero-order chi connectivity index (χ0) is 13.7. The Bertz CT molecular complexity index is 609. The minimum absolute atomic E-state index is 0.0422. The third-order valence-corrected chi connectivity index (χ3v) is 2.51. The molecular formula is C14H13N3O2. The number of carbonyl (C=O) groups is 1. The van der Waals surface area contributed by atoms with Crippen LogP contribution < -0.4 is 5.43 Å². The van der Waals surface area contributed by atoms with Crippen LogP contribution in [0.1, 0.15) is 22.8 Å². The maximum absolute atomic E-state index is 11.8. The number of nitrogens with one attached hydrogen (secondary N) is 1. The Morgan fingerprint density at radius 3 is 2.74 bits per heavy atom. The van der Waals surface area contributed by atoms with Crippen LogP contribution in [0.4, 0.5) is 0 Å². The molecule has 1 amide bonds. The summed E-state index contributed by atoms with van der Waals surface area (Å²) >= 11 is 0. The number of phenols is 1. The second kappa shape index (κ2) is 5.77. The van der Waals surface area contributed by atoms with Gasteiger partial charge in [0.05, 0.1) is 5.71 Å². The van der Waals surface area contributed by atoms with Gasteiger partial charge in [-0.25, -0.2) is 5.43 Å². The van der Waals surface area contributed by atoms with Gasteiger partial charge in [-0.3, -0.25) is 9.78 Å². The predicted octanol–water partition coefficient (Wildman–Crippen LogP) is 1.94. The van der Waals surface area contributed by atoms with Gasteiger partial charge < -0.3 is 5.11 Å². The first kappa shape index (κ1) is 12.8. The van der Waals surface area contributed by atoms with E-state index in [0.717, 1.165) is 5.56 Å². The minimum atomic E-state index is -0.376. The first-order chi connectivity index (χ1) is 9.16. The average Bonchev–Trinajstić information content (AvgIpc) is 2.45. The van der Waals surface area contributed by atoms with E-state index in [1.165, 1.54) is 12.1 Å². The van der Waals surface area contributed by atoms with Crippen LogP contribution in [-0.2, 0) is 0 Å². The van der Waals surface area contributed by atoms with E-state index in [2.05, 4.69) is 15.5 Å². The molecule has 0 spiro atoms. The molecule has 0 bridgehead atoms. The van der Waals surface area contributed by atoms with Gasteiger partial charge in [-0.2, -0.15) is 5.10 Å². The fourth-order valence-electron chi connectivity index (χ4n) is 1.49. The highest BCUT2D eigenvalue weighted by Gasteiger charge is 2.05. The van der Waals surface area contributed by atoms with Crippen molar-refractivity contribution in [1.29, 1.82) is 0 Å². The number of aromatic nitrogens is 1. The van der Waals surface area contributed by atoms with Crippen molar-refractivity contribution in [3.8, 4) is 5.75 Å². The van der Waals surface area contributed by atoms with Gasteiger partial charge in [0, 0.05) is 23.5 Å². The first-order valence-electron chi connectivity index (χ1n) is 5.71. The summed E-state index contributed by atoms with van der Waals surface area (Å²) in [5.74, 6) is -0.334. The maximum Gasteiger partial charge on any atom is 0.271 e. The van der Waals surface area contributed by atoms with Crippen molar-refractivity contribution in [2.75, 3.05) is 0 Å². The SMILES string of the molecule is C/C(=N\NC(=O)c1cccc(O)c1)c1cccnc1. The molecular weight excluding hydrogens is 242 g/mol. The molecule has 1 aromatic carbocycles. The number of benzene rings is 1. The molecule has 0 saturated carbocycles. The molecule has 5 heteroatoms.